The number of ketones is 1. The van der Waals surface area contributed by atoms with Crippen molar-refractivity contribution in [2.45, 2.75) is 60.2 Å². The second-order valence-corrected chi connectivity index (χ2v) is 8.47. The first-order valence-electron chi connectivity index (χ1n) is 11.0. The molecule has 0 fully saturated rings. The molecule has 0 aliphatic carbocycles. The van der Waals surface area contributed by atoms with Gasteiger partial charge in [-0.15, -0.1) is 0 Å². The van der Waals surface area contributed by atoms with Crippen molar-refractivity contribution < 1.29 is 27.8 Å². The lowest BCUT2D eigenvalue weighted by molar-refractivity contribution is -0.0498. The number of hydrogen-bond acceptors (Lipinski definition) is 6. The largest absolute Gasteiger partial charge is 0.450 e. The fraction of sp³-hybridized carbons (Fsp3) is 0.360. The van der Waals surface area contributed by atoms with E-state index in [-0.39, 0.29) is 22.9 Å². The zero-order valence-corrected chi connectivity index (χ0v) is 20.3. The van der Waals surface area contributed by atoms with E-state index in [1.54, 1.807) is 36.6 Å². The highest BCUT2D eigenvalue weighted by atomic mass is 19.3. The average Bonchev–Trinajstić information content (AvgIpc) is 3.06. The van der Waals surface area contributed by atoms with Gasteiger partial charge in [-0.25, -0.2) is 9.78 Å². The Hall–Kier alpha value is -3.82. The molecular formula is C25H27F2N3O5. The van der Waals surface area contributed by atoms with Crippen molar-refractivity contribution in [1.82, 2.24) is 14.5 Å². The van der Waals surface area contributed by atoms with Crippen LogP contribution in [0.2, 0.25) is 0 Å². The molecule has 0 bridgehead atoms. The normalized spacial score (nSPS) is 12.2. The minimum Gasteiger partial charge on any atom is -0.450 e. The maximum Gasteiger partial charge on any atom is 0.387 e. The second kappa shape index (κ2) is 10.2. The van der Waals surface area contributed by atoms with E-state index in [0.717, 1.165) is 0 Å². The van der Waals surface area contributed by atoms with Gasteiger partial charge < -0.3 is 19.0 Å². The molecule has 2 aromatic heterocycles. The molecule has 1 N–H and O–H groups in total. The third-order valence-corrected chi connectivity index (χ3v) is 5.54. The van der Waals surface area contributed by atoms with E-state index in [9.17, 15) is 23.2 Å². The molecule has 0 amide bonds. The molecule has 1 unspecified atom stereocenters. The van der Waals surface area contributed by atoms with Crippen LogP contribution in [0.1, 0.15) is 70.3 Å². The molecule has 1 aromatic carbocycles. The molecule has 1 atom stereocenters. The Kier molecular flexibility index (Phi) is 7.52. The molecule has 0 radical (unpaired) electrons. The van der Waals surface area contributed by atoms with Crippen molar-refractivity contribution in [3.05, 3.63) is 74.7 Å². The Morgan fingerprint density at radius 1 is 1.06 bits per heavy atom. The predicted molar refractivity (Wildman–Crippen MR) is 125 cm³/mol. The lowest BCUT2D eigenvalue weighted by atomic mass is 10.1. The smallest absolute Gasteiger partial charge is 0.387 e. The number of H-pyrrole nitrogens is 1. The van der Waals surface area contributed by atoms with Crippen LogP contribution in [0.25, 0.3) is 5.69 Å². The summed E-state index contributed by atoms with van der Waals surface area (Å²) in [6, 6.07) is 7.66. The molecule has 0 saturated heterocycles. The third-order valence-electron chi connectivity index (χ3n) is 5.54. The lowest BCUT2D eigenvalue weighted by Crippen LogP contribution is -2.30. The van der Waals surface area contributed by atoms with Crippen molar-refractivity contribution >= 4 is 11.8 Å². The number of halogens is 2. The Labute approximate surface area is 200 Å². The number of rotatable bonds is 8. The minimum absolute atomic E-state index is 0.0178. The quantitative estimate of drug-likeness (QED) is 0.367. The third kappa shape index (κ3) is 5.47. The number of esters is 1. The van der Waals surface area contributed by atoms with Crippen molar-refractivity contribution in [1.29, 1.82) is 0 Å². The monoisotopic (exact) mass is 487 g/mol. The molecule has 0 spiro atoms. The summed E-state index contributed by atoms with van der Waals surface area (Å²) in [4.78, 5) is 45.1. The first-order chi connectivity index (χ1) is 16.4. The number of ether oxygens (including phenoxy) is 2. The number of benzene rings is 1. The summed E-state index contributed by atoms with van der Waals surface area (Å²) < 4.78 is 36.3. The van der Waals surface area contributed by atoms with Crippen LogP contribution in [0.4, 0.5) is 8.78 Å². The summed E-state index contributed by atoms with van der Waals surface area (Å²) in [5.41, 5.74) is 1.62. The average molecular weight is 488 g/mol. The van der Waals surface area contributed by atoms with E-state index in [4.69, 9.17) is 4.74 Å². The molecule has 35 heavy (non-hydrogen) atoms. The zero-order chi connectivity index (χ0) is 26.0. The number of nitrogens with zero attached hydrogens (tertiary/aromatic N) is 2. The van der Waals surface area contributed by atoms with Gasteiger partial charge in [-0.05, 0) is 58.0 Å². The van der Waals surface area contributed by atoms with Gasteiger partial charge in [0.15, 0.2) is 6.10 Å². The van der Waals surface area contributed by atoms with Gasteiger partial charge in [0, 0.05) is 28.6 Å². The highest BCUT2D eigenvalue weighted by Gasteiger charge is 2.27. The summed E-state index contributed by atoms with van der Waals surface area (Å²) >= 11 is 0. The summed E-state index contributed by atoms with van der Waals surface area (Å²) in [7, 11) is 0. The van der Waals surface area contributed by atoms with E-state index < -0.39 is 30.0 Å². The van der Waals surface area contributed by atoms with Gasteiger partial charge in [0.05, 0.1) is 5.69 Å². The number of Topliss-reactive ketones (excluding diaryl/α,β-unsaturated/α-hetero) is 1. The first-order valence-corrected chi connectivity index (χ1v) is 11.0. The molecule has 0 aliphatic rings. The Morgan fingerprint density at radius 3 is 2.23 bits per heavy atom. The lowest BCUT2D eigenvalue weighted by Gasteiger charge is -2.14. The molecule has 8 nitrogen and oxygen atoms in total. The number of nitrogens with one attached hydrogen (secondary N) is 1. The number of alkyl halides is 2. The SMILES string of the molecule is Cc1nc(C(C)C)[nH]c(=O)c1C(=O)OC(C)C(=O)c1cc(C)n(-c2ccc(OC(F)F)cc2)c1C. The predicted octanol–water partition coefficient (Wildman–Crippen LogP) is 4.64. The highest BCUT2D eigenvalue weighted by Crippen LogP contribution is 2.25. The van der Waals surface area contributed by atoms with E-state index in [1.165, 1.54) is 26.0 Å². The second-order valence-electron chi connectivity index (χ2n) is 8.47. The standard InChI is InChI=1S/C25H27F2N3O5/c1-12(2)22-28-14(4)20(23(32)29-22)24(33)34-16(6)21(31)19-11-13(3)30(15(19)5)17-7-9-18(10-8-17)35-25(26)27/h7-12,16,25H,1-6H3,(H,28,29,32). The van der Waals surface area contributed by atoms with Gasteiger partial charge in [-0.3, -0.25) is 9.59 Å². The molecule has 10 heteroatoms. The summed E-state index contributed by atoms with van der Waals surface area (Å²) in [5, 5.41) is 0. The highest BCUT2D eigenvalue weighted by molar-refractivity contribution is 6.02. The molecule has 3 aromatic rings. The molecule has 0 aliphatic heterocycles. The van der Waals surface area contributed by atoms with Crippen molar-refractivity contribution in [3.8, 4) is 11.4 Å². The Morgan fingerprint density at radius 2 is 1.69 bits per heavy atom. The zero-order valence-electron chi connectivity index (χ0n) is 20.3. The Bertz CT molecular complexity index is 1310. The van der Waals surface area contributed by atoms with Crippen LogP contribution in [0.3, 0.4) is 0 Å². The Balaban J connectivity index is 1.83. The minimum atomic E-state index is -2.92. The van der Waals surface area contributed by atoms with E-state index in [1.807, 2.05) is 13.8 Å². The van der Waals surface area contributed by atoms with Gasteiger partial charge in [-0.2, -0.15) is 8.78 Å². The summed E-state index contributed by atoms with van der Waals surface area (Å²) in [5.74, 6) is -0.944. The maximum absolute atomic E-state index is 13.1. The van der Waals surface area contributed by atoms with Crippen molar-refractivity contribution in [2.24, 2.45) is 0 Å². The van der Waals surface area contributed by atoms with Crippen LogP contribution in [0.5, 0.6) is 5.75 Å². The number of aromatic amines is 1. The maximum atomic E-state index is 13.1. The summed E-state index contributed by atoms with van der Waals surface area (Å²) in [6.07, 6.45) is -1.16. The van der Waals surface area contributed by atoms with Gasteiger partial charge >= 0.3 is 12.6 Å². The van der Waals surface area contributed by atoms with Crippen LogP contribution < -0.4 is 10.3 Å². The number of carbonyl (C=O) groups is 2. The fourth-order valence-electron chi connectivity index (χ4n) is 3.80. The van der Waals surface area contributed by atoms with Crippen LogP contribution >= 0.6 is 0 Å². The fourth-order valence-corrected chi connectivity index (χ4v) is 3.80. The number of aromatic nitrogens is 3. The van der Waals surface area contributed by atoms with E-state index >= 15 is 0 Å². The van der Waals surface area contributed by atoms with Crippen LogP contribution in [-0.4, -0.2) is 39.0 Å². The van der Waals surface area contributed by atoms with E-state index in [2.05, 4.69) is 14.7 Å². The molecule has 2 heterocycles. The summed E-state index contributed by atoms with van der Waals surface area (Å²) in [6.45, 7) is 7.28. The number of carbonyl (C=O) groups excluding carboxylic acids is 2. The van der Waals surface area contributed by atoms with Crippen LogP contribution in [-0.2, 0) is 4.74 Å². The van der Waals surface area contributed by atoms with Crippen LogP contribution in [0.15, 0.2) is 35.1 Å². The topological polar surface area (TPSA) is 103 Å². The number of aryl methyl sites for hydroxylation is 2. The molecule has 3 rings (SSSR count). The van der Waals surface area contributed by atoms with Gasteiger partial charge in [0.1, 0.15) is 17.1 Å². The molecule has 186 valence electrons. The van der Waals surface area contributed by atoms with Crippen LogP contribution in [0, 0.1) is 20.8 Å². The molecule has 0 saturated carbocycles. The van der Waals surface area contributed by atoms with Crippen molar-refractivity contribution in [3.63, 3.8) is 0 Å². The number of hydrogen-bond donors (Lipinski definition) is 1. The van der Waals surface area contributed by atoms with E-state index in [0.29, 0.717) is 28.5 Å². The first kappa shape index (κ1) is 25.8. The van der Waals surface area contributed by atoms with Gasteiger partial charge in [0.2, 0.25) is 5.78 Å². The van der Waals surface area contributed by atoms with Crippen molar-refractivity contribution in [2.75, 3.05) is 0 Å². The molecular weight excluding hydrogens is 460 g/mol. The van der Waals surface area contributed by atoms with Gasteiger partial charge in [-0.1, -0.05) is 13.8 Å². The van der Waals surface area contributed by atoms with Gasteiger partial charge in [0.25, 0.3) is 5.56 Å².